The van der Waals surface area contributed by atoms with Crippen LogP contribution >= 0.6 is 0 Å². The van der Waals surface area contributed by atoms with Crippen LogP contribution < -0.4 is 5.32 Å². The molecule has 3 unspecified atom stereocenters. The molecule has 4 heteroatoms. The maximum atomic E-state index is 12.4. The molecule has 0 spiro atoms. The summed E-state index contributed by atoms with van der Waals surface area (Å²) in [6, 6.07) is 9.84. The number of benzene rings is 1. The van der Waals surface area contributed by atoms with Gasteiger partial charge in [-0.25, -0.2) is 0 Å². The van der Waals surface area contributed by atoms with Gasteiger partial charge in [0.05, 0.1) is 0 Å². The van der Waals surface area contributed by atoms with E-state index in [0.29, 0.717) is 24.7 Å². The van der Waals surface area contributed by atoms with Crippen LogP contribution in [0.15, 0.2) is 30.3 Å². The first-order chi connectivity index (χ1) is 10.6. The lowest BCUT2D eigenvalue weighted by molar-refractivity contribution is -0.137. The minimum absolute atomic E-state index is 0.0904. The topological polar surface area (TPSA) is 66.4 Å². The van der Waals surface area contributed by atoms with Crippen LogP contribution in [0.4, 0.5) is 0 Å². The molecule has 2 aliphatic carbocycles. The molecule has 2 aliphatic rings. The number of carbonyl (C=O) groups excluding carboxylic acids is 1. The van der Waals surface area contributed by atoms with Crippen LogP contribution in [0.5, 0.6) is 0 Å². The van der Waals surface area contributed by atoms with Gasteiger partial charge in [-0.05, 0) is 43.1 Å². The fourth-order valence-electron chi connectivity index (χ4n) is 3.93. The summed E-state index contributed by atoms with van der Waals surface area (Å²) in [4.78, 5) is 23.2. The number of aliphatic carboxylic acids is 1. The highest BCUT2D eigenvalue weighted by molar-refractivity contribution is 5.82. The van der Waals surface area contributed by atoms with Crippen LogP contribution in [0.1, 0.15) is 37.7 Å². The maximum absolute atomic E-state index is 12.4. The van der Waals surface area contributed by atoms with E-state index < -0.39 is 5.97 Å². The van der Waals surface area contributed by atoms with Gasteiger partial charge in [-0.15, -0.1) is 0 Å². The molecule has 1 aromatic rings. The lowest BCUT2D eigenvalue weighted by Gasteiger charge is -2.19. The van der Waals surface area contributed by atoms with Crippen LogP contribution in [-0.4, -0.2) is 23.0 Å². The Bertz CT molecular complexity index is 533. The third kappa shape index (κ3) is 3.49. The second-order valence-electron chi connectivity index (χ2n) is 6.61. The van der Waals surface area contributed by atoms with Crippen molar-refractivity contribution in [1.82, 2.24) is 5.32 Å². The number of carboxylic acids is 1. The maximum Gasteiger partial charge on any atom is 0.303 e. The minimum Gasteiger partial charge on any atom is -0.481 e. The van der Waals surface area contributed by atoms with Gasteiger partial charge in [0.15, 0.2) is 0 Å². The van der Waals surface area contributed by atoms with Gasteiger partial charge in [-0.2, -0.15) is 0 Å². The average Bonchev–Trinajstić information content (AvgIpc) is 2.99. The molecular formula is C18H23NO3. The molecule has 0 aromatic heterocycles. The second-order valence-corrected chi connectivity index (χ2v) is 6.61. The normalized spacial score (nSPS) is 27.0. The number of carboxylic acid groups (broad SMARTS) is 1. The van der Waals surface area contributed by atoms with Gasteiger partial charge < -0.3 is 10.4 Å². The zero-order valence-electron chi connectivity index (χ0n) is 12.7. The van der Waals surface area contributed by atoms with Crippen molar-refractivity contribution in [3.63, 3.8) is 0 Å². The molecule has 1 amide bonds. The number of rotatable bonds is 7. The van der Waals surface area contributed by atoms with Crippen LogP contribution in [0.2, 0.25) is 0 Å². The smallest absolute Gasteiger partial charge is 0.303 e. The Morgan fingerprint density at radius 2 is 1.86 bits per heavy atom. The zero-order chi connectivity index (χ0) is 15.5. The highest BCUT2D eigenvalue weighted by atomic mass is 16.4. The number of fused-ring (bicyclic) bond motifs is 1. The minimum atomic E-state index is -0.810. The first kappa shape index (κ1) is 15.1. The van der Waals surface area contributed by atoms with Gasteiger partial charge in [-0.3, -0.25) is 9.59 Å². The summed E-state index contributed by atoms with van der Waals surface area (Å²) >= 11 is 0. The van der Waals surface area contributed by atoms with Crippen LogP contribution in [0.25, 0.3) is 0 Å². The summed E-state index contributed by atoms with van der Waals surface area (Å²) in [6.07, 6.45) is 4.89. The fraction of sp³-hybridized carbons (Fsp3) is 0.556. The van der Waals surface area contributed by atoms with Gasteiger partial charge in [-0.1, -0.05) is 36.8 Å². The Labute approximate surface area is 130 Å². The van der Waals surface area contributed by atoms with Gasteiger partial charge in [0, 0.05) is 18.4 Å². The fourth-order valence-corrected chi connectivity index (χ4v) is 3.93. The Morgan fingerprint density at radius 3 is 2.50 bits per heavy atom. The van der Waals surface area contributed by atoms with Crippen molar-refractivity contribution >= 4 is 11.9 Å². The molecule has 1 aromatic carbocycles. The van der Waals surface area contributed by atoms with Gasteiger partial charge in [0.2, 0.25) is 5.91 Å². The third-order valence-electron chi connectivity index (χ3n) is 5.09. The number of amides is 1. The first-order valence-corrected chi connectivity index (χ1v) is 8.21. The van der Waals surface area contributed by atoms with E-state index in [2.05, 4.69) is 5.32 Å². The van der Waals surface area contributed by atoms with Crippen molar-refractivity contribution in [2.75, 3.05) is 0 Å². The highest BCUT2D eigenvalue weighted by Crippen LogP contribution is 2.57. The lowest BCUT2D eigenvalue weighted by atomic mass is 10.0. The molecule has 118 valence electrons. The predicted octanol–water partition coefficient (Wildman–Crippen LogP) is 2.62. The van der Waals surface area contributed by atoms with Crippen LogP contribution in [0.3, 0.4) is 0 Å². The van der Waals surface area contributed by atoms with E-state index in [1.165, 1.54) is 19.3 Å². The molecule has 0 bridgehead atoms. The molecular weight excluding hydrogens is 278 g/mol. The second kappa shape index (κ2) is 6.51. The molecule has 0 saturated heterocycles. The van der Waals surface area contributed by atoms with E-state index in [4.69, 9.17) is 5.11 Å². The predicted molar refractivity (Wildman–Crippen MR) is 83.3 cm³/mol. The third-order valence-corrected chi connectivity index (χ3v) is 5.09. The molecule has 0 radical (unpaired) electrons. The molecule has 22 heavy (non-hydrogen) atoms. The van der Waals surface area contributed by atoms with E-state index >= 15 is 0 Å². The van der Waals surface area contributed by atoms with Crippen molar-refractivity contribution in [3.05, 3.63) is 35.9 Å². The quantitative estimate of drug-likeness (QED) is 0.813. The Kier molecular flexibility index (Phi) is 4.46. The van der Waals surface area contributed by atoms with E-state index in [0.717, 1.165) is 5.56 Å². The number of nitrogens with one attached hydrogen (secondary N) is 1. The highest BCUT2D eigenvalue weighted by Gasteiger charge is 2.56. The monoisotopic (exact) mass is 301 g/mol. The van der Waals surface area contributed by atoms with Gasteiger partial charge in [0.1, 0.15) is 0 Å². The number of hydrogen-bond donors (Lipinski definition) is 2. The Hall–Kier alpha value is -1.84. The molecule has 3 rings (SSSR count). The van der Waals surface area contributed by atoms with Crippen molar-refractivity contribution in [2.24, 2.45) is 17.8 Å². The molecule has 2 fully saturated rings. The average molecular weight is 301 g/mol. The van der Waals surface area contributed by atoms with Crippen molar-refractivity contribution in [3.8, 4) is 0 Å². The summed E-state index contributed by atoms with van der Waals surface area (Å²) in [5.74, 6) is 0.710. The van der Waals surface area contributed by atoms with Crippen LogP contribution in [-0.2, 0) is 16.0 Å². The molecule has 2 saturated carbocycles. The molecule has 3 atom stereocenters. The standard InChI is InChI=1S/C18H23NO3/c20-16(21)10-9-13(11-12-5-2-1-3-6-12)19-18(22)17-14-7-4-8-15(14)17/h1-3,5-6,13-15,17H,4,7-11H2,(H,19,22)(H,20,21). The molecule has 4 nitrogen and oxygen atoms in total. The van der Waals surface area contributed by atoms with E-state index in [1.54, 1.807) is 0 Å². The van der Waals surface area contributed by atoms with Crippen molar-refractivity contribution < 1.29 is 14.7 Å². The van der Waals surface area contributed by atoms with Crippen LogP contribution in [0, 0.1) is 17.8 Å². The number of carbonyl (C=O) groups is 2. The van der Waals surface area contributed by atoms with E-state index in [9.17, 15) is 9.59 Å². The SMILES string of the molecule is O=C(O)CCC(Cc1ccccc1)NC(=O)C1C2CCCC21. The molecule has 2 N–H and O–H groups in total. The Morgan fingerprint density at radius 1 is 1.18 bits per heavy atom. The summed E-state index contributed by atoms with van der Waals surface area (Å²) in [5.41, 5.74) is 1.13. The van der Waals surface area contributed by atoms with Crippen molar-refractivity contribution in [1.29, 1.82) is 0 Å². The molecule has 0 aliphatic heterocycles. The van der Waals surface area contributed by atoms with E-state index in [-0.39, 0.29) is 24.3 Å². The van der Waals surface area contributed by atoms with Crippen molar-refractivity contribution in [2.45, 2.75) is 44.6 Å². The van der Waals surface area contributed by atoms with Gasteiger partial charge in [0.25, 0.3) is 0 Å². The largest absolute Gasteiger partial charge is 0.481 e. The van der Waals surface area contributed by atoms with E-state index in [1.807, 2.05) is 30.3 Å². The number of hydrogen-bond acceptors (Lipinski definition) is 2. The Balaban J connectivity index is 1.58. The summed E-state index contributed by atoms with van der Waals surface area (Å²) < 4.78 is 0. The zero-order valence-corrected chi connectivity index (χ0v) is 12.7. The van der Waals surface area contributed by atoms with Gasteiger partial charge >= 0.3 is 5.97 Å². The first-order valence-electron chi connectivity index (χ1n) is 8.21. The lowest BCUT2D eigenvalue weighted by Crippen LogP contribution is -2.38. The molecule has 0 heterocycles. The summed E-state index contributed by atoms with van der Waals surface area (Å²) in [5, 5.41) is 12.0. The summed E-state index contributed by atoms with van der Waals surface area (Å²) in [7, 11) is 0. The summed E-state index contributed by atoms with van der Waals surface area (Å²) in [6.45, 7) is 0.